The van der Waals surface area contributed by atoms with Crippen LogP contribution >= 0.6 is 7.82 Å². The molecular formula is C50H87NO7P+. The number of hydrogen-bond acceptors (Lipinski definition) is 6. The number of phosphoric acid groups is 1. The van der Waals surface area contributed by atoms with Gasteiger partial charge in [-0.1, -0.05) is 156 Å². The molecule has 0 aliphatic rings. The molecule has 0 saturated heterocycles. The molecule has 0 aliphatic heterocycles. The lowest BCUT2D eigenvalue weighted by Crippen LogP contribution is -2.37. The fourth-order valence-electron chi connectivity index (χ4n) is 5.65. The molecule has 59 heavy (non-hydrogen) atoms. The highest BCUT2D eigenvalue weighted by Gasteiger charge is 2.26. The number of allylic oxidation sites excluding steroid dienone is 16. The topological polar surface area (TPSA) is 91.3 Å². The molecule has 1 N–H and O–H groups in total. The summed E-state index contributed by atoms with van der Waals surface area (Å²) >= 11 is 0. The largest absolute Gasteiger partial charge is 0.472 e. The first kappa shape index (κ1) is 56.4. The van der Waals surface area contributed by atoms with Crippen LogP contribution < -0.4 is 0 Å². The summed E-state index contributed by atoms with van der Waals surface area (Å²) < 4.78 is 35.0. The summed E-state index contributed by atoms with van der Waals surface area (Å²) in [6, 6.07) is 0. The van der Waals surface area contributed by atoms with Gasteiger partial charge in [0.2, 0.25) is 0 Å². The maximum Gasteiger partial charge on any atom is 0.472 e. The highest BCUT2D eigenvalue weighted by atomic mass is 31.2. The van der Waals surface area contributed by atoms with Crippen LogP contribution in [0.3, 0.4) is 0 Å². The van der Waals surface area contributed by atoms with E-state index in [1.54, 1.807) is 0 Å². The molecular weight excluding hydrogens is 758 g/mol. The van der Waals surface area contributed by atoms with Crippen molar-refractivity contribution in [2.45, 2.75) is 161 Å². The van der Waals surface area contributed by atoms with E-state index in [0.29, 0.717) is 24.1 Å². The number of ether oxygens (including phenoxy) is 2. The SMILES string of the molecule is CC/C=C\C/C=C\C/C=C\C/C=C\C/C=C\CCCCCCCC(=O)OC(COCCCCCCCC/C=C\C/C=C\C/C=C\CC)COP(=O)(O)OCC[N+](C)(C)C. The van der Waals surface area contributed by atoms with Crippen molar-refractivity contribution in [1.82, 2.24) is 0 Å². The molecule has 0 aliphatic carbocycles. The van der Waals surface area contributed by atoms with E-state index in [9.17, 15) is 14.3 Å². The maximum atomic E-state index is 12.7. The van der Waals surface area contributed by atoms with Gasteiger partial charge in [-0.2, -0.15) is 0 Å². The number of likely N-dealkylation sites (N-methyl/N-ethyl adjacent to an activating group) is 1. The van der Waals surface area contributed by atoms with Crippen LogP contribution in [0.25, 0.3) is 0 Å². The van der Waals surface area contributed by atoms with Gasteiger partial charge >= 0.3 is 13.8 Å². The van der Waals surface area contributed by atoms with Crippen molar-refractivity contribution in [2.75, 3.05) is 54.1 Å². The van der Waals surface area contributed by atoms with Crippen molar-refractivity contribution >= 4 is 13.8 Å². The number of nitrogens with zero attached hydrogens (tertiary/aromatic N) is 1. The highest BCUT2D eigenvalue weighted by Crippen LogP contribution is 2.43. The minimum atomic E-state index is -4.29. The Morgan fingerprint density at radius 3 is 1.39 bits per heavy atom. The van der Waals surface area contributed by atoms with E-state index in [4.69, 9.17) is 18.5 Å². The molecule has 0 rings (SSSR count). The second kappa shape index (κ2) is 42.1. The Labute approximate surface area is 362 Å². The minimum absolute atomic E-state index is 0.0757. The van der Waals surface area contributed by atoms with E-state index in [2.05, 4.69) is 111 Å². The van der Waals surface area contributed by atoms with Crippen LogP contribution in [-0.4, -0.2) is 75.6 Å². The molecule has 8 nitrogen and oxygen atoms in total. The number of carbonyl (C=O) groups is 1. The van der Waals surface area contributed by atoms with Crippen LogP contribution in [0.15, 0.2) is 97.2 Å². The maximum absolute atomic E-state index is 12.7. The smallest absolute Gasteiger partial charge is 0.457 e. The zero-order valence-electron chi connectivity index (χ0n) is 38.2. The average molecular weight is 845 g/mol. The van der Waals surface area contributed by atoms with Gasteiger partial charge in [-0.25, -0.2) is 4.57 Å². The predicted molar refractivity (Wildman–Crippen MR) is 251 cm³/mol. The van der Waals surface area contributed by atoms with Crippen molar-refractivity contribution in [3.05, 3.63) is 97.2 Å². The first-order valence-electron chi connectivity index (χ1n) is 23.0. The molecule has 0 aromatic rings. The van der Waals surface area contributed by atoms with Crippen LogP contribution in [-0.2, 0) is 27.9 Å². The first-order chi connectivity index (χ1) is 28.6. The van der Waals surface area contributed by atoms with Gasteiger partial charge in [-0.3, -0.25) is 13.8 Å². The number of quaternary nitrogens is 1. The van der Waals surface area contributed by atoms with E-state index >= 15 is 0 Å². The molecule has 2 unspecified atom stereocenters. The molecule has 0 saturated carbocycles. The lowest BCUT2D eigenvalue weighted by atomic mass is 10.1. The van der Waals surface area contributed by atoms with Crippen LogP contribution in [0.5, 0.6) is 0 Å². The summed E-state index contributed by atoms with van der Waals surface area (Å²) in [4.78, 5) is 22.9. The average Bonchev–Trinajstić information content (AvgIpc) is 3.19. The second-order valence-electron chi connectivity index (χ2n) is 16.0. The van der Waals surface area contributed by atoms with Gasteiger partial charge in [0.25, 0.3) is 0 Å². The number of hydrogen-bond donors (Lipinski definition) is 1. The van der Waals surface area contributed by atoms with Gasteiger partial charge < -0.3 is 18.9 Å². The molecule has 0 aromatic heterocycles. The molecule has 9 heteroatoms. The monoisotopic (exact) mass is 845 g/mol. The lowest BCUT2D eigenvalue weighted by molar-refractivity contribution is -0.870. The molecule has 0 heterocycles. The summed E-state index contributed by atoms with van der Waals surface area (Å²) in [5.41, 5.74) is 0. The Balaban J connectivity index is 4.30. The summed E-state index contributed by atoms with van der Waals surface area (Å²) in [5, 5.41) is 0. The minimum Gasteiger partial charge on any atom is -0.457 e. The van der Waals surface area contributed by atoms with Crippen LogP contribution in [0.4, 0.5) is 0 Å². The molecule has 0 radical (unpaired) electrons. The van der Waals surface area contributed by atoms with Crippen molar-refractivity contribution in [3.63, 3.8) is 0 Å². The third-order valence-electron chi connectivity index (χ3n) is 9.14. The van der Waals surface area contributed by atoms with Gasteiger partial charge in [0.15, 0.2) is 0 Å². The molecule has 0 fully saturated rings. The predicted octanol–water partition coefficient (Wildman–Crippen LogP) is 13.8. The van der Waals surface area contributed by atoms with Gasteiger partial charge in [0.05, 0.1) is 34.4 Å². The Hall–Kier alpha value is -2.58. The van der Waals surface area contributed by atoms with E-state index in [1.807, 2.05) is 21.1 Å². The summed E-state index contributed by atoms with van der Waals surface area (Å²) in [6.45, 7) is 5.31. The molecule has 0 bridgehead atoms. The third-order valence-corrected chi connectivity index (χ3v) is 10.1. The Kier molecular flexibility index (Phi) is 40.3. The summed E-state index contributed by atoms with van der Waals surface area (Å²) in [6.07, 6.45) is 57.3. The molecule has 0 amide bonds. The highest BCUT2D eigenvalue weighted by molar-refractivity contribution is 7.47. The van der Waals surface area contributed by atoms with Gasteiger partial charge in [0, 0.05) is 13.0 Å². The van der Waals surface area contributed by atoms with Crippen molar-refractivity contribution in [3.8, 4) is 0 Å². The number of phosphoric ester groups is 1. The number of carbonyl (C=O) groups excluding carboxylic acids is 1. The lowest BCUT2D eigenvalue weighted by Gasteiger charge is -2.24. The Morgan fingerprint density at radius 1 is 0.525 bits per heavy atom. The Bertz CT molecular complexity index is 1260. The normalized spacial score (nSPS) is 14.6. The molecule has 0 aromatic carbocycles. The van der Waals surface area contributed by atoms with Crippen molar-refractivity contribution in [2.24, 2.45) is 0 Å². The van der Waals surface area contributed by atoms with Gasteiger partial charge in [-0.15, -0.1) is 0 Å². The molecule has 338 valence electrons. The van der Waals surface area contributed by atoms with Crippen molar-refractivity contribution < 1.29 is 37.3 Å². The number of esters is 1. The van der Waals surface area contributed by atoms with Crippen molar-refractivity contribution in [1.29, 1.82) is 0 Å². The van der Waals surface area contributed by atoms with Crippen LogP contribution in [0, 0.1) is 0 Å². The van der Waals surface area contributed by atoms with Crippen LogP contribution in [0.1, 0.15) is 155 Å². The van der Waals surface area contributed by atoms with Gasteiger partial charge in [-0.05, 0) is 89.9 Å². The van der Waals surface area contributed by atoms with E-state index in [-0.39, 0.29) is 25.8 Å². The zero-order chi connectivity index (χ0) is 43.4. The van der Waals surface area contributed by atoms with Crippen LogP contribution in [0.2, 0.25) is 0 Å². The second-order valence-corrected chi connectivity index (χ2v) is 17.5. The summed E-state index contributed by atoms with van der Waals surface area (Å²) in [5.74, 6) is -0.342. The molecule has 0 spiro atoms. The van der Waals surface area contributed by atoms with E-state index in [0.717, 1.165) is 116 Å². The third kappa shape index (κ3) is 46.3. The fourth-order valence-corrected chi connectivity index (χ4v) is 6.39. The van der Waals surface area contributed by atoms with E-state index in [1.165, 1.54) is 19.3 Å². The Morgan fingerprint density at radius 2 is 0.932 bits per heavy atom. The van der Waals surface area contributed by atoms with Gasteiger partial charge in [0.1, 0.15) is 19.3 Å². The van der Waals surface area contributed by atoms with E-state index < -0.39 is 13.9 Å². The summed E-state index contributed by atoms with van der Waals surface area (Å²) in [7, 11) is 1.62. The fraction of sp³-hybridized carbons (Fsp3) is 0.660. The quantitative estimate of drug-likeness (QED) is 0.0215. The first-order valence-corrected chi connectivity index (χ1v) is 24.5. The number of rotatable bonds is 41. The number of unbranched alkanes of at least 4 members (excludes halogenated alkanes) is 11. The molecule has 2 atom stereocenters. The zero-order valence-corrected chi connectivity index (χ0v) is 39.1. The standard InChI is InChI=1S/C50H86NO7P/c1-6-8-10-12-14-16-18-20-22-24-25-26-27-28-29-31-33-35-37-39-41-43-50(52)58-49(48-57-59(53,54)56-46-44-51(3,4)5)47-55-45-42-40-38-36-34-32-30-23-21-19-17-15-13-11-9-7-2/h8-11,14-17,20-23,25-26,28-29,49H,6-7,12-13,18-19,24,27,30-48H2,1-5H3/p+1/b10-8-,11-9-,16-14-,17-15-,22-20-,23-21-,26-25-,29-28-.